The standard InChI is InChI=1S/C75H142O6/c1-4-7-10-13-16-19-22-25-27-29-31-33-35-37-39-41-43-45-47-50-53-56-59-62-65-68-74(77)80-71-72(70-79-73(76)67-64-61-58-55-52-49-24-21-18-15-12-9-6-3)81-75(78)69-66-63-60-57-54-51-48-46-44-42-40-38-36-34-32-30-28-26-23-20-17-14-11-8-5-2/h12,15,21,24,72H,4-11,13-14,16-20,22-23,25-71H2,1-3H3/b15-12-,24-21-. The highest BCUT2D eigenvalue weighted by Gasteiger charge is 2.20. The molecule has 0 radical (unpaired) electrons. The molecule has 6 nitrogen and oxygen atoms in total. The summed E-state index contributed by atoms with van der Waals surface area (Å²) in [6, 6.07) is 0. The Balaban J connectivity index is 4.19. The maximum atomic E-state index is 13.0. The van der Waals surface area contributed by atoms with Crippen molar-refractivity contribution in [3.63, 3.8) is 0 Å². The van der Waals surface area contributed by atoms with E-state index in [1.54, 1.807) is 0 Å². The molecule has 0 aromatic heterocycles. The van der Waals surface area contributed by atoms with E-state index in [1.165, 1.54) is 295 Å². The Kier molecular flexibility index (Phi) is 68.5. The molecule has 6 heteroatoms. The van der Waals surface area contributed by atoms with Crippen LogP contribution >= 0.6 is 0 Å². The van der Waals surface area contributed by atoms with Crippen molar-refractivity contribution in [3.8, 4) is 0 Å². The van der Waals surface area contributed by atoms with Gasteiger partial charge in [-0.15, -0.1) is 0 Å². The Hall–Kier alpha value is -2.11. The van der Waals surface area contributed by atoms with Crippen LogP contribution in [0.2, 0.25) is 0 Å². The number of hydrogen-bond donors (Lipinski definition) is 0. The van der Waals surface area contributed by atoms with Gasteiger partial charge in [0.15, 0.2) is 6.10 Å². The molecule has 0 saturated carbocycles. The summed E-state index contributed by atoms with van der Waals surface area (Å²) >= 11 is 0. The summed E-state index contributed by atoms with van der Waals surface area (Å²) < 4.78 is 17.0. The molecule has 0 spiro atoms. The van der Waals surface area contributed by atoms with Gasteiger partial charge in [-0.3, -0.25) is 14.4 Å². The van der Waals surface area contributed by atoms with Crippen molar-refractivity contribution in [3.05, 3.63) is 24.3 Å². The van der Waals surface area contributed by atoms with Crippen LogP contribution in [-0.4, -0.2) is 37.2 Å². The van der Waals surface area contributed by atoms with Crippen LogP contribution in [0.1, 0.15) is 419 Å². The second kappa shape index (κ2) is 70.4. The van der Waals surface area contributed by atoms with E-state index in [2.05, 4.69) is 45.1 Å². The molecule has 0 aromatic rings. The van der Waals surface area contributed by atoms with E-state index >= 15 is 0 Å². The van der Waals surface area contributed by atoms with Gasteiger partial charge in [0.05, 0.1) is 0 Å². The molecule has 0 aromatic carbocycles. The van der Waals surface area contributed by atoms with Gasteiger partial charge in [-0.25, -0.2) is 0 Å². The number of ether oxygens (including phenoxy) is 3. The van der Waals surface area contributed by atoms with E-state index in [-0.39, 0.29) is 31.1 Å². The lowest BCUT2D eigenvalue weighted by Gasteiger charge is -2.18. The van der Waals surface area contributed by atoms with Gasteiger partial charge in [0.2, 0.25) is 0 Å². The van der Waals surface area contributed by atoms with E-state index in [4.69, 9.17) is 14.2 Å². The number of allylic oxidation sites excluding steroid dienone is 4. The van der Waals surface area contributed by atoms with E-state index in [9.17, 15) is 14.4 Å². The van der Waals surface area contributed by atoms with Gasteiger partial charge >= 0.3 is 17.9 Å². The molecule has 81 heavy (non-hydrogen) atoms. The van der Waals surface area contributed by atoms with Crippen LogP contribution in [-0.2, 0) is 28.6 Å². The molecule has 0 N–H and O–H groups in total. The van der Waals surface area contributed by atoms with E-state index in [0.29, 0.717) is 19.3 Å². The molecule has 0 aliphatic heterocycles. The van der Waals surface area contributed by atoms with Gasteiger partial charge in [-0.1, -0.05) is 379 Å². The van der Waals surface area contributed by atoms with Gasteiger partial charge in [0, 0.05) is 19.3 Å². The minimum absolute atomic E-state index is 0.0692. The maximum Gasteiger partial charge on any atom is 0.306 e. The highest BCUT2D eigenvalue weighted by Crippen LogP contribution is 2.19. The van der Waals surface area contributed by atoms with Crippen molar-refractivity contribution in [2.24, 2.45) is 0 Å². The second-order valence-corrected chi connectivity index (χ2v) is 25.2. The first-order valence-corrected chi connectivity index (χ1v) is 36.8. The molecule has 0 saturated heterocycles. The van der Waals surface area contributed by atoms with Crippen LogP contribution in [0.3, 0.4) is 0 Å². The lowest BCUT2D eigenvalue weighted by Crippen LogP contribution is -2.30. The van der Waals surface area contributed by atoms with Crippen LogP contribution in [0.15, 0.2) is 24.3 Å². The summed E-state index contributed by atoms with van der Waals surface area (Å²) in [4.78, 5) is 38.4. The summed E-state index contributed by atoms with van der Waals surface area (Å²) in [6.45, 7) is 6.66. The first-order valence-electron chi connectivity index (χ1n) is 36.8. The number of hydrogen-bond acceptors (Lipinski definition) is 6. The fourth-order valence-corrected chi connectivity index (χ4v) is 11.4. The van der Waals surface area contributed by atoms with Crippen LogP contribution in [0.25, 0.3) is 0 Å². The van der Waals surface area contributed by atoms with Crippen LogP contribution in [0.4, 0.5) is 0 Å². The predicted octanol–water partition coefficient (Wildman–Crippen LogP) is 25.3. The fourth-order valence-electron chi connectivity index (χ4n) is 11.4. The molecule has 478 valence electrons. The first-order chi connectivity index (χ1) is 40.0. The Bertz CT molecular complexity index is 1310. The summed E-state index contributed by atoms with van der Waals surface area (Å²) in [7, 11) is 0. The third kappa shape index (κ3) is 68.6. The summed E-state index contributed by atoms with van der Waals surface area (Å²) in [6.07, 6.45) is 86.6. The average Bonchev–Trinajstić information content (AvgIpc) is 3.46. The minimum atomic E-state index is -0.774. The number of carbonyl (C=O) groups excluding carboxylic acids is 3. The molecule has 0 bridgehead atoms. The van der Waals surface area contributed by atoms with E-state index < -0.39 is 6.10 Å². The summed E-state index contributed by atoms with van der Waals surface area (Å²) in [5.74, 6) is -0.850. The molecular formula is C75H142O6. The highest BCUT2D eigenvalue weighted by atomic mass is 16.6. The molecule has 1 unspecified atom stereocenters. The fraction of sp³-hybridized carbons (Fsp3) is 0.907. The summed E-state index contributed by atoms with van der Waals surface area (Å²) in [5, 5.41) is 0. The first kappa shape index (κ1) is 78.9. The highest BCUT2D eigenvalue weighted by molar-refractivity contribution is 5.71. The van der Waals surface area contributed by atoms with Crippen molar-refractivity contribution in [2.45, 2.75) is 425 Å². The zero-order valence-corrected chi connectivity index (χ0v) is 55.1. The molecule has 0 aliphatic carbocycles. The van der Waals surface area contributed by atoms with Crippen LogP contribution < -0.4 is 0 Å². The predicted molar refractivity (Wildman–Crippen MR) is 353 cm³/mol. The molecular weight excluding hydrogens is 997 g/mol. The zero-order valence-electron chi connectivity index (χ0n) is 55.1. The van der Waals surface area contributed by atoms with Gasteiger partial charge in [-0.2, -0.15) is 0 Å². The maximum absolute atomic E-state index is 13.0. The Morgan fingerprint density at radius 1 is 0.247 bits per heavy atom. The largest absolute Gasteiger partial charge is 0.462 e. The van der Waals surface area contributed by atoms with Gasteiger partial charge < -0.3 is 14.2 Å². The van der Waals surface area contributed by atoms with Gasteiger partial charge in [-0.05, 0) is 44.9 Å². The van der Waals surface area contributed by atoms with Crippen molar-refractivity contribution in [2.75, 3.05) is 13.2 Å². The molecule has 0 amide bonds. The van der Waals surface area contributed by atoms with E-state index in [0.717, 1.165) is 83.5 Å². The number of rotatable bonds is 69. The van der Waals surface area contributed by atoms with Crippen molar-refractivity contribution in [1.82, 2.24) is 0 Å². The number of carbonyl (C=O) groups is 3. The SMILES string of the molecule is CCC/C=C\C/C=C\CCCCCCCC(=O)OCC(COC(=O)CCCCCCCCCCCCCCCCCCCCCCCCCCC)OC(=O)CCCCCCCCCCCCCCCCCCCCCCCCCCC. The molecule has 1 atom stereocenters. The minimum Gasteiger partial charge on any atom is -0.462 e. The molecule has 0 aliphatic rings. The number of esters is 3. The Labute approximate surface area is 506 Å². The van der Waals surface area contributed by atoms with Gasteiger partial charge in [0.1, 0.15) is 13.2 Å². The molecule has 0 heterocycles. The summed E-state index contributed by atoms with van der Waals surface area (Å²) in [5.41, 5.74) is 0. The van der Waals surface area contributed by atoms with Crippen molar-refractivity contribution in [1.29, 1.82) is 0 Å². The quantitative estimate of drug-likeness (QED) is 0.0261. The molecule has 0 rings (SSSR count). The van der Waals surface area contributed by atoms with Crippen molar-refractivity contribution < 1.29 is 28.6 Å². The van der Waals surface area contributed by atoms with Crippen LogP contribution in [0.5, 0.6) is 0 Å². The zero-order chi connectivity index (χ0) is 58.5. The third-order valence-corrected chi connectivity index (χ3v) is 16.9. The number of unbranched alkanes of at least 4 members (excludes halogenated alkanes) is 54. The van der Waals surface area contributed by atoms with Gasteiger partial charge in [0.25, 0.3) is 0 Å². The normalized spacial score (nSPS) is 12.1. The smallest absolute Gasteiger partial charge is 0.306 e. The average molecular weight is 1140 g/mol. The lowest BCUT2D eigenvalue weighted by molar-refractivity contribution is -0.167. The molecule has 0 fully saturated rings. The monoisotopic (exact) mass is 1140 g/mol. The van der Waals surface area contributed by atoms with Crippen LogP contribution in [0, 0.1) is 0 Å². The van der Waals surface area contributed by atoms with Crippen molar-refractivity contribution >= 4 is 17.9 Å². The second-order valence-electron chi connectivity index (χ2n) is 25.2. The van der Waals surface area contributed by atoms with E-state index in [1.807, 2.05) is 0 Å². The topological polar surface area (TPSA) is 78.9 Å². The Morgan fingerprint density at radius 3 is 0.728 bits per heavy atom. The lowest BCUT2D eigenvalue weighted by atomic mass is 10.0. The Morgan fingerprint density at radius 2 is 0.469 bits per heavy atom. The third-order valence-electron chi connectivity index (χ3n) is 16.9.